The van der Waals surface area contributed by atoms with Gasteiger partial charge in [-0.05, 0) is 6.07 Å². The molecule has 0 N–H and O–H groups in total. The average Bonchev–Trinajstić information content (AvgIpc) is 2.77. The lowest BCUT2D eigenvalue weighted by Gasteiger charge is -2.10. The second-order valence-electron chi connectivity index (χ2n) is 3.56. The zero-order valence-corrected chi connectivity index (χ0v) is 9.89. The number of aromatic nitrogens is 1. The molecule has 2 rings (SSSR count). The largest absolute Gasteiger partial charge is 0.417 e. The van der Waals surface area contributed by atoms with Crippen molar-refractivity contribution in [1.82, 2.24) is 4.98 Å². The van der Waals surface area contributed by atoms with Gasteiger partial charge in [0, 0.05) is 17.4 Å². The number of aldehydes is 1. The zero-order chi connectivity index (χ0) is 13.2. The highest BCUT2D eigenvalue weighted by atomic mass is 32.1. The van der Waals surface area contributed by atoms with Gasteiger partial charge in [0.1, 0.15) is 11.3 Å². The Bertz CT molecular complexity index is 562. The number of rotatable bonds is 3. The minimum absolute atomic E-state index is 0.0483. The van der Waals surface area contributed by atoms with Gasteiger partial charge >= 0.3 is 6.18 Å². The third-order valence-electron chi connectivity index (χ3n) is 2.31. The number of nitrogens with zero attached hydrogens (tertiary/aromatic N) is 1. The van der Waals surface area contributed by atoms with E-state index in [1.807, 2.05) is 0 Å². The van der Waals surface area contributed by atoms with Crippen LogP contribution in [0.4, 0.5) is 13.2 Å². The van der Waals surface area contributed by atoms with Crippen molar-refractivity contribution in [3.8, 4) is 10.6 Å². The Morgan fingerprint density at radius 3 is 2.67 bits per heavy atom. The number of carbonyl (C=O) groups excluding carboxylic acids is 1. The molecule has 2 aromatic rings. The summed E-state index contributed by atoms with van der Waals surface area (Å²) in [6, 6.07) is 5.28. The Hall–Kier alpha value is -1.69. The van der Waals surface area contributed by atoms with E-state index in [0.29, 0.717) is 12.0 Å². The second-order valence-corrected chi connectivity index (χ2v) is 4.42. The van der Waals surface area contributed by atoms with Gasteiger partial charge in [-0.1, -0.05) is 18.2 Å². The molecule has 0 aliphatic rings. The molecule has 18 heavy (non-hydrogen) atoms. The first-order valence-corrected chi connectivity index (χ1v) is 5.95. The number of thiazole rings is 1. The molecule has 0 aliphatic carbocycles. The molecule has 0 unspecified atom stereocenters. The standard InChI is InChI=1S/C12H8F3NOS/c13-12(14,15)10-4-2-1-3-9(10)11-16-8(5-6-17)7-18-11/h1-4,6-7H,5H2. The van der Waals surface area contributed by atoms with Crippen LogP contribution in [0, 0.1) is 0 Å². The van der Waals surface area contributed by atoms with Crippen molar-refractivity contribution in [2.45, 2.75) is 12.6 Å². The first kappa shape index (κ1) is 12.8. The Morgan fingerprint density at radius 1 is 1.28 bits per heavy atom. The van der Waals surface area contributed by atoms with E-state index in [9.17, 15) is 18.0 Å². The summed E-state index contributed by atoms with van der Waals surface area (Å²) in [5.41, 5.74) is -0.175. The molecular weight excluding hydrogens is 263 g/mol. The molecule has 0 aliphatic heterocycles. The predicted molar refractivity (Wildman–Crippen MR) is 62.3 cm³/mol. The van der Waals surface area contributed by atoms with Gasteiger partial charge in [0.25, 0.3) is 0 Å². The van der Waals surface area contributed by atoms with Crippen LogP contribution in [0.5, 0.6) is 0 Å². The Morgan fingerprint density at radius 2 is 2.00 bits per heavy atom. The fourth-order valence-electron chi connectivity index (χ4n) is 1.53. The minimum Gasteiger partial charge on any atom is -0.303 e. The summed E-state index contributed by atoms with van der Waals surface area (Å²) >= 11 is 1.10. The SMILES string of the molecule is O=CCc1csc(-c2ccccc2C(F)(F)F)n1. The smallest absolute Gasteiger partial charge is 0.303 e. The molecule has 94 valence electrons. The maximum Gasteiger partial charge on any atom is 0.417 e. The topological polar surface area (TPSA) is 30.0 Å². The Labute approximate surface area is 105 Å². The van der Waals surface area contributed by atoms with E-state index >= 15 is 0 Å². The monoisotopic (exact) mass is 271 g/mol. The van der Waals surface area contributed by atoms with Crippen molar-refractivity contribution in [2.24, 2.45) is 0 Å². The zero-order valence-electron chi connectivity index (χ0n) is 9.07. The van der Waals surface area contributed by atoms with Crippen LogP contribution in [0.3, 0.4) is 0 Å². The van der Waals surface area contributed by atoms with Crippen molar-refractivity contribution < 1.29 is 18.0 Å². The summed E-state index contributed by atoms with van der Waals surface area (Å²) in [6.07, 6.45) is -3.62. The van der Waals surface area contributed by atoms with Crippen molar-refractivity contribution in [1.29, 1.82) is 0 Å². The van der Waals surface area contributed by atoms with Crippen LogP contribution in [0.15, 0.2) is 29.6 Å². The molecule has 0 bridgehead atoms. The molecule has 0 atom stereocenters. The van der Waals surface area contributed by atoms with Crippen molar-refractivity contribution in [3.05, 3.63) is 40.9 Å². The van der Waals surface area contributed by atoms with Crippen LogP contribution >= 0.6 is 11.3 Å². The van der Waals surface area contributed by atoms with Crippen LogP contribution in [0.1, 0.15) is 11.3 Å². The van der Waals surface area contributed by atoms with E-state index in [0.717, 1.165) is 17.4 Å². The van der Waals surface area contributed by atoms with E-state index in [1.54, 1.807) is 5.38 Å². The maximum atomic E-state index is 12.8. The van der Waals surface area contributed by atoms with E-state index in [1.165, 1.54) is 18.2 Å². The van der Waals surface area contributed by atoms with Gasteiger partial charge in [0.05, 0.1) is 11.3 Å². The van der Waals surface area contributed by atoms with Gasteiger partial charge in [-0.2, -0.15) is 13.2 Å². The summed E-state index contributed by atoms with van der Waals surface area (Å²) in [5, 5.41) is 1.87. The number of benzene rings is 1. The van der Waals surface area contributed by atoms with Crippen LogP contribution in [-0.4, -0.2) is 11.3 Å². The fourth-order valence-corrected chi connectivity index (χ4v) is 2.40. The maximum absolute atomic E-state index is 12.8. The van der Waals surface area contributed by atoms with E-state index in [-0.39, 0.29) is 17.0 Å². The van der Waals surface area contributed by atoms with E-state index in [2.05, 4.69) is 4.98 Å². The molecule has 0 radical (unpaired) electrons. The molecule has 0 saturated heterocycles. The van der Waals surface area contributed by atoms with Gasteiger partial charge in [0.15, 0.2) is 0 Å². The quantitative estimate of drug-likeness (QED) is 0.799. The number of alkyl halides is 3. The Balaban J connectivity index is 2.46. The molecule has 0 spiro atoms. The summed E-state index contributed by atoms with van der Waals surface area (Å²) in [7, 11) is 0. The molecule has 2 nitrogen and oxygen atoms in total. The summed E-state index contributed by atoms with van der Waals surface area (Å²) in [5.74, 6) is 0. The molecule has 1 aromatic heterocycles. The number of carbonyl (C=O) groups is 1. The van der Waals surface area contributed by atoms with Crippen molar-refractivity contribution in [3.63, 3.8) is 0 Å². The Kier molecular flexibility index (Phi) is 3.47. The molecule has 1 heterocycles. The second kappa shape index (κ2) is 4.89. The number of halogens is 3. The molecule has 0 fully saturated rings. The summed E-state index contributed by atoms with van der Waals surface area (Å²) in [4.78, 5) is 14.4. The lowest BCUT2D eigenvalue weighted by molar-refractivity contribution is -0.137. The van der Waals surface area contributed by atoms with Gasteiger partial charge in [0.2, 0.25) is 0 Å². The first-order chi connectivity index (χ1) is 8.52. The summed E-state index contributed by atoms with van der Waals surface area (Å²) < 4.78 is 38.4. The highest BCUT2D eigenvalue weighted by Gasteiger charge is 2.33. The highest BCUT2D eigenvalue weighted by molar-refractivity contribution is 7.13. The van der Waals surface area contributed by atoms with Crippen LogP contribution in [0.2, 0.25) is 0 Å². The third kappa shape index (κ3) is 2.59. The van der Waals surface area contributed by atoms with Crippen molar-refractivity contribution in [2.75, 3.05) is 0 Å². The van der Waals surface area contributed by atoms with Gasteiger partial charge in [-0.3, -0.25) is 0 Å². The molecular formula is C12H8F3NOS. The third-order valence-corrected chi connectivity index (χ3v) is 3.23. The van der Waals surface area contributed by atoms with Crippen LogP contribution in [0.25, 0.3) is 10.6 Å². The van der Waals surface area contributed by atoms with E-state index < -0.39 is 11.7 Å². The molecule has 0 saturated carbocycles. The van der Waals surface area contributed by atoms with Gasteiger partial charge < -0.3 is 4.79 Å². The number of hydrogen-bond donors (Lipinski definition) is 0. The molecule has 1 aromatic carbocycles. The van der Waals surface area contributed by atoms with Gasteiger partial charge in [-0.15, -0.1) is 11.3 Å². The fraction of sp³-hybridized carbons (Fsp3) is 0.167. The molecule has 0 amide bonds. The lowest BCUT2D eigenvalue weighted by atomic mass is 10.1. The average molecular weight is 271 g/mol. The first-order valence-electron chi connectivity index (χ1n) is 5.07. The normalized spacial score (nSPS) is 11.5. The van der Waals surface area contributed by atoms with Gasteiger partial charge in [-0.25, -0.2) is 4.98 Å². The van der Waals surface area contributed by atoms with E-state index in [4.69, 9.17) is 0 Å². The number of hydrogen-bond acceptors (Lipinski definition) is 3. The highest BCUT2D eigenvalue weighted by Crippen LogP contribution is 2.37. The minimum atomic E-state index is -4.41. The summed E-state index contributed by atoms with van der Waals surface area (Å²) in [6.45, 7) is 0. The lowest BCUT2D eigenvalue weighted by Crippen LogP contribution is -2.06. The predicted octanol–water partition coefficient (Wildman–Crippen LogP) is 3.57. The van der Waals surface area contributed by atoms with Crippen LogP contribution < -0.4 is 0 Å². The molecule has 6 heteroatoms. The van der Waals surface area contributed by atoms with Crippen molar-refractivity contribution >= 4 is 17.6 Å². The van der Waals surface area contributed by atoms with Crippen LogP contribution in [-0.2, 0) is 17.4 Å².